The van der Waals surface area contributed by atoms with Gasteiger partial charge >= 0.3 is 0 Å². The monoisotopic (exact) mass is 344 g/mol. The molecule has 0 aromatic heterocycles. The lowest BCUT2D eigenvalue weighted by Gasteiger charge is -2.17. The number of carbonyl (C=O) groups excluding carboxylic acids is 2. The zero-order valence-corrected chi connectivity index (χ0v) is 13.8. The number of nitrogens with zero attached hydrogens (tertiary/aromatic N) is 1. The van der Waals surface area contributed by atoms with Gasteiger partial charge in [0.25, 0.3) is 0 Å². The number of hydrogen-bond acceptors (Lipinski definition) is 2. The Kier molecular flexibility index (Phi) is 4.79. The molecule has 1 N–H and O–H groups in total. The first-order valence-electron chi connectivity index (χ1n) is 8.05. The van der Waals surface area contributed by atoms with Crippen LogP contribution in [0.2, 0.25) is 0 Å². The molecule has 1 atom stereocenters. The number of anilines is 1. The lowest BCUT2D eigenvalue weighted by molar-refractivity contribution is -0.132. The third-order valence-electron chi connectivity index (χ3n) is 4.27. The van der Waals surface area contributed by atoms with Crippen LogP contribution in [0.5, 0.6) is 0 Å². The van der Waals surface area contributed by atoms with E-state index in [-0.39, 0.29) is 18.1 Å². The molecular weight excluding hydrogens is 326 g/mol. The lowest BCUT2D eigenvalue weighted by atomic mass is 10.1. The van der Waals surface area contributed by atoms with Crippen molar-refractivity contribution in [3.05, 3.63) is 65.2 Å². The summed E-state index contributed by atoms with van der Waals surface area (Å²) < 4.78 is 26.9. The van der Waals surface area contributed by atoms with Gasteiger partial charge in [-0.3, -0.25) is 9.59 Å². The van der Waals surface area contributed by atoms with Crippen LogP contribution in [0.1, 0.15) is 17.5 Å². The summed E-state index contributed by atoms with van der Waals surface area (Å²) in [5, 5.41) is 2.75. The summed E-state index contributed by atoms with van der Waals surface area (Å²) in [5.74, 6) is -3.22. The van der Waals surface area contributed by atoms with E-state index in [1.165, 1.54) is 11.0 Å². The highest BCUT2D eigenvalue weighted by Gasteiger charge is 2.38. The van der Waals surface area contributed by atoms with Gasteiger partial charge in [0.05, 0.1) is 5.69 Å². The van der Waals surface area contributed by atoms with Gasteiger partial charge in [0.2, 0.25) is 11.8 Å². The second-order valence-corrected chi connectivity index (χ2v) is 6.13. The van der Waals surface area contributed by atoms with Gasteiger partial charge in [0, 0.05) is 19.2 Å². The van der Waals surface area contributed by atoms with Crippen LogP contribution in [0.3, 0.4) is 0 Å². The average molecular weight is 344 g/mol. The predicted octanol–water partition coefficient (Wildman–Crippen LogP) is 2.94. The van der Waals surface area contributed by atoms with Crippen LogP contribution in [0.4, 0.5) is 14.5 Å². The topological polar surface area (TPSA) is 49.4 Å². The summed E-state index contributed by atoms with van der Waals surface area (Å²) in [6.45, 7) is 2.51. The number of amides is 2. The molecule has 25 heavy (non-hydrogen) atoms. The van der Waals surface area contributed by atoms with Crippen LogP contribution in [0.25, 0.3) is 0 Å². The van der Waals surface area contributed by atoms with Gasteiger partial charge in [0.1, 0.15) is 17.6 Å². The zero-order valence-electron chi connectivity index (χ0n) is 13.8. The SMILES string of the molecule is Cc1cccc(CNC(=O)C2CCN(c3ccc(F)cc3F)C2=O)c1. The summed E-state index contributed by atoms with van der Waals surface area (Å²) in [4.78, 5) is 26.0. The van der Waals surface area contributed by atoms with Crippen molar-refractivity contribution in [1.82, 2.24) is 5.32 Å². The van der Waals surface area contributed by atoms with E-state index in [2.05, 4.69) is 5.32 Å². The van der Waals surface area contributed by atoms with Crippen LogP contribution in [-0.2, 0) is 16.1 Å². The summed E-state index contributed by atoms with van der Waals surface area (Å²) in [6.07, 6.45) is 0.301. The molecule has 0 spiro atoms. The number of halogens is 2. The van der Waals surface area contributed by atoms with Crippen molar-refractivity contribution in [2.24, 2.45) is 5.92 Å². The van der Waals surface area contributed by atoms with Gasteiger partial charge in [-0.15, -0.1) is 0 Å². The smallest absolute Gasteiger partial charge is 0.239 e. The second-order valence-electron chi connectivity index (χ2n) is 6.13. The van der Waals surface area contributed by atoms with Crippen molar-refractivity contribution in [2.75, 3.05) is 11.4 Å². The van der Waals surface area contributed by atoms with Crippen molar-refractivity contribution in [1.29, 1.82) is 0 Å². The van der Waals surface area contributed by atoms with Crippen molar-refractivity contribution < 1.29 is 18.4 Å². The molecular formula is C19H18F2N2O2. The van der Waals surface area contributed by atoms with Crippen LogP contribution in [0.15, 0.2) is 42.5 Å². The first-order valence-corrected chi connectivity index (χ1v) is 8.05. The Morgan fingerprint density at radius 3 is 2.76 bits per heavy atom. The minimum atomic E-state index is -0.853. The maximum atomic E-state index is 13.9. The third-order valence-corrected chi connectivity index (χ3v) is 4.27. The first kappa shape index (κ1) is 17.1. The second kappa shape index (κ2) is 7.01. The average Bonchev–Trinajstić information content (AvgIpc) is 2.94. The highest BCUT2D eigenvalue weighted by Crippen LogP contribution is 2.28. The molecule has 1 aliphatic rings. The molecule has 0 bridgehead atoms. The Morgan fingerprint density at radius 2 is 2.04 bits per heavy atom. The molecule has 2 aromatic carbocycles. The molecule has 0 saturated carbocycles. The van der Waals surface area contributed by atoms with Crippen molar-refractivity contribution in [3.63, 3.8) is 0 Å². The molecule has 1 saturated heterocycles. The lowest BCUT2D eigenvalue weighted by Crippen LogP contribution is -2.36. The number of benzene rings is 2. The maximum absolute atomic E-state index is 13.9. The van der Waals surface area contributed by atoms with E-state index < -0.39 is 23.5 Å². The van der Waals surface area contributed by atoms with Crippen molar-refractivity contribution in [3.8, 4) is 0 Å². The summed E-state index contributed by atoms with van der Waals surface area (Å²) >= 11 is 0. The van der Waals surface area contributed by atoms with E-state index in [0.717, 1.165) is 23.3 Å². The van der Waals surface area contributed by atoms with E-state index in [9.17, 15) is 18.4 Å². The van der Waals surface area contributed by atoms with E-state index in [1.54, 1.807) is 0 Å². The van der Waals surface area contributed by atoms with Gasteiger partial charge in [-0.05, 0) is 31.0 Å². The van der Waals surface area contributed by atoms with Crippen LogP contribution in [-0.4, -0.2) is 18.4 Å². The molecule has 1 heterocycles. The highest BCUT2D eigenvalue weighted by atomic mass is 19.1. The number of nitrogens with one attached hydrogen (secondary N) is 1. The van der Waals surface area contributed by atoms with E-state index in [1.807, 2.05) is 31.2 Å². The van der Waals surface area contributed by atoms with Gasteiger partial charge in [-0.25, -0.2) is 8.78 Å². The molecule has 2 aromatic rings. The molecule has 2 amide bonds. The quantitative estimate of drug-likeness (QED) is 0.867. The summed E-state index contributed by atoms with van der Waals surface area (Å²) in [6, 6.07) is 10.7. The minimum absolute atomic E-state index is 0.000356. The van der Waals surface area contributed by atoms with Gasteiger partial charge in [-0.1, -0.05) is 29.8 Å². The van der Waals surface area contributed by atoms with E-state index in [4.69, 9.17) is 0 Å². The number of aryl methyl sites for hydroxylation is 1. The Morgan fingerprint density at radius 1 is 1.24 bits per heavy atom. The molecule has 6 heteroatoms. The molecule has 1 fully saturated rings. The summed E-state index contributed by atoms with van der Waals surface area (Å²) in [5.41, 5.74) is 2.03. The van der Waals surface area contributed by atoms with Gasteiger partial charge < -0.3 is 10.2 Å². The Bertz CT molecular complexity index is 823. The van der Waals surface area contributed by atoms with Crippen LogP contribution in [0, 0.1) is 24.5 Å². The van der Waals surface area contributed by atoms with Gasteiger partial charge in [-0.2, -0.15) is 0 Å². The largest absolute Gasteiger partial charge is 0.351 e. The van der Waals surface area contributed by atoms with E-state index >= 15 is 0 Å². The fourth-order valence-corrected chi connectivity index (χ4v) is 3.00. The normalized spacial score (nSPS) is 17.0. The molecule has 3 rings (SSSR count). The van der Waals surface area contributed by atoms with E-state index in [0.29, 0.717) is 13.0 Å². The standard InChI is InChI=1S/C19H18F2N2O2/c1-12-3-2-4-13(9-12)11-22-18(24)15-7-8-23(19(15)25)17-6-5-14(20)10-16(17)21/h2-6,9-10,15H,7-8,11H2,1H3,(H,22,24). The summed E-state index contributed by atoms with van der Waals surface area (Å²) in [7, 11) is 0. The fourth-order valence-electron chi connectivity index (χ4n) is 3.00. The maximum Gasteiger partial charge on any atom is 0.239 e. The minimum Gasteiger partial charge on any atom is -0.351 e. The molecule has 1 aliphatic heterocycles. The van der Waals surface area contributed by atoms with Crippen molar-refractivity contribution in [2.45, 2.75) is 19.9 Å². The number of rotatable bonds is 4. The molecule has 130 valence electrons. The Balaban J connectivity index is 1.66. The first-order chi connectivity index (χ1) is 12.0. The van der Waals surface area contributed by atoms with Gasteiger partial charge in [0.15, 0.2) is 0 Å². The molecule has 0 radical (unpaired) electrons. The fraction of sp³-hybridized carbons (Fsp3) is 0.263. The molecule has 4 nitrogen and oxygen atoms in total. The zero-order chi connectivity index (χ0) is 18.0. The highest BCUT2D eigenvalue weighted by molar-refractivity contribution is 6.09. The number of hydrogen-bond donors (Lipinski definition) is 1. The Labute approximate surface area is 144 Å². The van der Waals surface area contributed by atoms with Crippen LogP contribution >= 0.6 is 0 Å². The Hall–Kier alpha value is -2.76. The molecule has 0 aliphatic carbocycles. The molecule has 1 unspecified atom stereocenters. The van der Waals surface area contributed by atoms with Crippen LogP contribution < -0.4 is 10.2 Å². The number of carbonyl (C=O) groups is 2. The van der Waals surface area contributed by atoms with Crippen molar-refractivity contribution >= 4 is 17.5 Å². The predicted molar refractivity (Wildman–Crippen MR) is 89.8 cm³/mol. The third kappa shape index (κ3) is 3.68.